The maximum absolute atomic E-state index is 13.2. The number of urea groups is 1. The monoisotopic (exact) mass is 431 g/mol. The predicted molar refractivity (Wildman–Crippen MR) is 119 cm³/mol. The summed E-state index contributed by atoms with van der Waals surface area (Å²) >= 11 is 0. The molecular formula is C21H29N5O3S. The van der Waals surface area contributed by atoms with Crippen molar-refractivity contribution in [2.45, 2.75) is 63.0 Å². The molecule has 0 spiro atoms. The molecule has 1 aromatic carbocycles. The fourth-order valence-corrected chi connectivity index (χ4v) is 5.51. The first-order chi connectivity index (χ1) is 13.9. The molecule has 8 nitrogen and oxygen atoms in total. The summed E-state index contributed by atoms with van der Waals surface area (Å²) in [7, 11) is -3.46. The number of nitrogens with zero attached hydrogens (tertiary/aromatic N) is 2. The molecular weight excluding hydrogens is 402 g/mol. The molecule has 1 fully saturated rings. The fourth-order valence-electron chi connectivity index (χ4n) is 3.32. The van der Waals surface area contributed by atoms with Crippen LogP contribution in [0, 0.1) is 0 Å². The number of rotatable bonds is 5. The number of hydrogen-bond donors (Lipinski definition) is 3. The van der Waals surface area contributed by atoms with E-state index in [1.54, 1.807) is 51.1 Å². The Kier molecular flexibility index (Phi) is 5.53. The lowest BCUT2D eigenvalue weighted by molar-refractivity contribution is 0.250. The Labute approximate surface area is 177 Å². The SMILES string of the molecule is CC(C)NC(=O)Nc1ccc(-c2nc(N)cc(C3(S(=O)(=O)C(C)(C)C)CC3)n2)cc1. The van der Waals surface area contributed by atoms with Crippen LogP contribution in [0.15, 0.2) is 30.3 Å². The molecule has 0 unspecified atom stereocenters. The Bertz CT molecular complexity index is 1050. The van der Waals surface area contributed by atoms with Crippen molar-refractivity contribution in [1.29, 1.82) is 0 Å². The third-order valence-electron chi connectivity index (χ3n) is 5.06. The lowest BCUT2D eigenvalue weighted by Gasteiger charge is -2.26. The number of sulfone groups is 1. The van der Waals surface area contributed by atoms with E-state index in [9.17, 15) is 13.2 Å². The fraction of sp³-hybridized carbons (Fsp3) is 0.476. The molecule has 0 atom stereocenters. The number of hydrogen-bond acceptors (Lipinski definition) is 6. The average molecular weight is 432 g/mol. The number of carbonyl (C=O) groups excluding carboxylic acids is 1. The van der Waals surface area contributed by atoms with Crippen molar-refractivity contribution >= 4 is 27.4 Å². The minimum atomic E-state index is -3.46. The van der Waals surface area contributed by atoms with Crippen molar-refractivity contribution in [3.8, 4) is 11.4 Å². The van der Waals surface area contributed by atoms with Gasteiger partial charge in [0, 0.05) is 23.4 Å². The highest BCUT2D eigenvalue weighted by atomic mass is 32.2. The van der Waals surface area contributed by atoms with Crippen LogP contribution in [0.5, 0.6) is 0 Å². The van der Waals surface area contributed by atoms with Gasteiger partial charge in [-0.15, -0.1) is 0 Å². The van der Waals surface area contributed by atoms with E-state index < -0.39 is 19.3 Å². The van der Waals surface area contributed by atoms with Crippen molar-refractivity contribution in [1.82, 2.24) is 15.3 Å². The Morgan fingerprint density at radius 1 is 1.13 bits per heavy atom. The van der Waals surface area contributed by atoms with Crippen LogP contribution in [0.2, 0.25) is 0 Å². The highest BCUT2D eigenvalue weighted by Gasteiger charge is 2.60. The maximum atomic E-state index is 13.2. The van der Waals surface area contributed by atoms with Crippen LogP contribution in [-0.4, -0.2) is 35.2 Å². The molecule has 30 heavy (non-hydrogen) atoms. The lowest BCUT2D eigenvalue weighted by Crippen LogP contribution is -2.38. The summed E-state index contributed by atoms with van der Waals surface area (Å²) in [5, 5.41) is 5.50. The van der Waals surface area contributed by atoms with Crippen molar-refractivity contribution in [3.63, 3.8) is 0 Å². The van der Waals surface area contributed by atoms with E-state index in [1.807, 2.05) is 13.8 Å². The van der Waals surface area contributed by atoms with E-state index in [0.29, 0.717) is 35.6 Å². The van der Waals surface area contributed by atoms with Gasteiger partial charge < -0.3 is 16.4 Å². The number of amides is 2. The summed E-state index contributed by atoms with van der Waals surface area (Å²) in [5.41, 5.74) is 7.75. The topological polar surface area (TPSA) is 127 Å². The Hall–Kier alpha value is -2.68. The molecule has 3 rings (SSSR count). The molecule has 1 aliphatic carbocycles. The first-order valence-electron chi connectivity index (χ1n) is 9.93. The maximum Gasteiger partial charge on any atom is 0.319 e. The van der Waals surface area contributed by atoms with Crippen LogP contribution < -0.4 is 16.4 Å². The van der Waals surface area contributed by atoms with Crippen LogP contribution in [0.1, 0.15) is 53.2 Å². The molecule has 9 heteroatoms. The van der Waals surface area contributed by atoms with Gasteiger partial charge in [-0.05, 0) is 71.7 Å². The number of carbonyl (C=O) groups is 1. The highest BCUT2D eigenvalue weighted by Crippen LogP contribution is 2.55. The normalized spacial score (nSPS) is 15.7. The molecule has 1 aliphatic rings. The summed E-state index contributed by atoms with van der Waals surface area (Å²) in [6.07, 6.45) is 1.05. The van der Waals surface area contributed by atoms with E-state index >= 15 is 0 Å². The van der Waals surface area contributed by atoms with E-state index in [4.69, 9.17) is 5.73 Å². The largest absolute Gasteiger partial charge is 0.384 e. The standard InChI is InChI=1S/C21H29N5O3S/c1-13(2)23-19(27)24-15-8-6-14(7-9-15)18-25-16(12-17(22)26-18)21(10-11-21)30(28,29)20(3,4)5/h6-9,12-13H,10-11H2,1-5H3,(H2,22,25,26)(H2,23,24,27). The molecule has 0 aliphatic heterocycles. The number of anilines is 2. The molecule has 2 aromatic rings. The Morgan fingerprint density at radius 3 is 2.23 bits per heavy atom. The minimum Gasteiger partial charge on any atom is -0.384 e. The van der Waals surface area contributed by atoms with Gasteiger partial charge in [0.05, 0.1) is 10.4 Å². The summed E-state index contributed by atoms with van der Waals surface area (Å²) in [4.78, 5) is 20.7. The van der Waals surface area contributed by atoms with E-state index in [-0.39, 0.29) is 17.9 Å². The molecule has 0 saturated heterocycles. The van der Waals surface area contributed by atoms with E-state index in [2.05, 4.69) is 20.6 Å². The highest BCUT2D eigenvalue weighted by molar-refractivity contribution is 7.94. The zero-order valence-electron chi connectivity index (χ0n) is 18.0. The molecule has 0 radical (unpaired) electrons. The molecule has 1 aromatic heterocycles. The first-order valence-corrected chi connectivity index (χ1v) is 11.4. The molecule has 4 N–H and O–H groups in total. The molecule has 1 saturated carbocycles. The van der Waals surface area contributed by atoms with E-state index in [1.165, 1.54) is 0 Å². The Morgan fingerprint density at radius 2 is 1.73 bits per heavy atom. The quantitative estimate of drug-likeness (QED) is 0.665. The Balaban J connectivity index is 1.91. The predicted octanol–water partition coefficient (Wildman–Crippen LogP) is 3.46. The summed E-state index contributed by atoms with van der Waals surface area (Å²) in [6.45, 7) is 8.87. The second-order valence-corrected chi connectivity index (χ2v) is 12.0. The zero-order valence-corrected chi connectivity index (χ0v) is 18.8. The van der Waals surface area contributed by atoms with Gasteiger partial charge in [-0.3, -0.25) is 0 Å². The number of nitrogen functional groups attached to an aromatic ring is 1. The second kappa shape index (κ2) is 7.54. The van der Waals surface area contributed by atoms with Gasteiger partial charge >= 0.3 is 6.03 Å². The van der Waals surface area contributed by atoms with Crippen molar-refractivity contribution in [2.75, 3.05) is 11.1 Å². The summed E-state index contributed by atoms with van der Waals surface area (Å²) in [6, 6.07) is 8.31. The smallest absolute Gasteiger partial charge is 0.319 e. The van der Waals surface area contributed by atoms with Crippen LogP contribution in [0.25, 0.3) is 11.4 Å². The van der Waals surface area contributed by atoms with Crippen LogP contribution in [0.3, 0.4) is 0 Å². The number of aromatic nitrogens is 2. The van der Waals surface area contributed by atoms with Crippen LogP contribution in [-0.2, 0) is 14.6 Å². The van der Waals surface area contributed by atoms with Gasteiger partial charge in [0.2, 0.25) is 0 Å². The van der Waals surface area contributed by atoms with Gasteiger partial charge in [0.1, 0.15) is 10.6 Å². The van der Waals surface area contributed by atoms with E-state index in [0.717, 1.165) is 0 Å². The number of nitrogens with two attached hydrogens (primary N) is 1. The van der Waals surface area contributed by atoms with Crippen molar-refractivity contribution in [3.05, 3.63) is 36.0 Å². The van der Waals surface area contributed by atoms with Crippen LogP contribution >= 0.6 is 0 Å². The molecule has 1 heterocycles. The van der Waals surface area contributed by atoms with Gasteiger partial charge in [-0.1, -0.05) is 0 Å². The van der Waals surface area contributed by atoms with Crippen molar-refractivity contribution in [2.24, 2.45) is 0 Å². The molecule has 162 valence electrons. The van der Waals surface area contributed by atoms with Crippen LogP contribution in [0.4, 0.5) is 16.3 Å². The minimum absolute atomic E-state index is 0.0301. The third-order valence-corrected chi connectivity index (χ3v) is 8.32. The molecule has 2 amide bonds. The van der Waals surface area contributed by atoms with Crippen molar-refractivity contribution < 1.29 is 13.2 Å². The first kappa shape index (κ1) is 22.0. The summed E-state index contributed by atoms with van der Waals surface area (Å²) in [5.74, 6) is 0.586. The summed E-state index contributed by atoms with van der Waals surface area (Å²) < 4.78 is 24.4. The van der Waals surface area contributed by atoms with Gasteiger partial charge in [-0.2, -0.15) is 0 Å². The van der Waals surface area contributed by atoms with Gasteiger partial charge in [0.25, 0.3) is 0 Å². The number of benzene rings is 1. The number of nitrogens with one attached hydrogen (secondary N) is 2. The van der Waals surface area contributed by atoms with Gasteiger partial charge in [-0.25, -0.2) is 23.2 Å². The van der Waals surface area contributed by atoms with Gasteiger partial charge in [0.15, 0.2) is 15.7 Å². The lowest BCUT2D eigenvalue weighted by atomic mass is 10.1. The zero-order chi connectivity index (χ0) is 22.3. The average Bonchev–Trinajstić information content (AvgIpc) is 3.42. The molecule has 0 bridgehead atoms. The second-order valence-electron chi connectivity index (χ2n) is 8.94. The third kappa shape index (κ3) is 4.12.